The summed E-state index contributed by atoms with van der Waals surface area (Å²) < 4.78 is 0. The first-order valence-electron chi connectivity index (χ1n) is 4.91. The van der Waals surface area contributed by atoms with E-state index in [9.17, 15) is 14.7 Å². The number of carbonyl (C=O) groups is 2. The number of rotatable bonds is 4. The monoisotopic (exact) mass is 216 g/mol. The lowest BCUT2D eigenvalue weighted by Crippen LogP contribution is -2.48. The highest BCUT2D eigenvalue weighted by Gasteiger charge is 2.45. The van der Waals surface area contributed by atoms with Crippen molar-refractivity contribution in [1.29, 1.82) is 0 Å². The fourth-order valence-electron chi connectivity index (χ4n) is 1.79. The molecule has 1 aliphatic rings. The molecule has 15 heavy (non-hydrogen) atoms. The van der Waals surface area contributed by atoms with Crippen molar-refractivity contribution in [1.82, 2.24) is 10.6 Å². The van der Waals surface area contributed by atoms with E-state index in [-0.39, 0.29) is 12.3 Å². The summed E-state index contributed by atoms with van der Waals surface area (Å²) >= 11 is 0. The van der Waals surface area contributed by atoms with Crippen molar-refractivity contribution < 1.29 is 19.8 Å². The van der Waals surface area contributed by atoms with E-state index >= 15 is 0 Å². The first kappa shape index (κ1) is 11.9. The molecule has 0 aromatic rings. The highest BCUT2D eigenvalue weighted by molar-refractivity contribution is 5.89. The molecule has 1 unspecified atom stereocenters. The highest BCUT2D eigenvalue weighted by Crippen LogP contribution is 2.25. The summed E-state index contributed by atoms with van der Waals surface area (Å²) in [6.07, 6.45) is -0.478. The van der Waals surface area contributed by atoms with E-state index in [1.807, 2.05) is 0 Å². The highest BCUT2D eigenvalue weighted by atomic mass is 16.4. The van der Waals surface area contributed by atoms with Crippen molar-refractivity contribution in [2.24, 2.45) is 5.92 Å². The van der Waals surface area contributed by atoms with Gasteiger partial charge in [-0.1, -0.05) is 13.8 Å². The van der Waals surface area contributed by atoms with Gasteiger partial charge in [-0.15, -0.1) is 0 Å². The Labute approximate surface area is 87.7 Å². The van der Waals surface area contributed by atoms with E-state index in [2.05, 4.69) is 10.6 Å². The van der Waals surface area contributed by atoms with Gasteiger partial charge < -0.3 is 15.5 Å². The number of aliphatic hydroxyl groups excluding tert-OH is 1. The van der Waals surface area contributed by atoms with Gasteiger partial charge in [0, 0.05) is 0 Å². The zero-order valence-electron chi connectivity index (χ0n) is 8.78. The van der Waals surface area contributed by atoms with Crippen LogP contribution in [0.2, 0.25) is 0 Å². The lowest BCUT2D eigenvalue weighted by molar-refractivity contribution is -0.142. The van der Waals surface area contributed by atoms with E-state index in [0.717, 1.165) is 0 Å². The molecule has 0 bridgehead atoms. The maximum absolute atomic E-state index is 11.6. The van der Waals surface area contributed by atoms with Crippen molar-refractivity contribution >= 4 is 11.9 Å². The van der Waals surface area contributed by atoms with Crippen LogP contribution in [0.4, 0.5) is 0 Å². The Bertz CT molecular complexity index is 281. The standard InChI is InChI=1S/C9H16N2O4/c1-3-9(4-5(2)6(12)13)7(14)10-8(15)11-9/h5,8,11,15H,3-4H2,1-2H3,(H,10,14)(H,12,13)/t5-,8?,9+/m0/s1. The zero-order valence-corrected chi connectivity index (χ0v) is 8.78. The molecular weight excluding hydrogens is 200 g/mol. The van der Waals surface area contributed by atoms with Gasteiger partial charge in [0.1, 0.15) is 5.54 Å². The summed E-state index contributed by atoms with van der Waals surface area (Å²) in [6, 6.07) is 0. The van der Waals surface area contributed by atoms with Gasteiger partial charge >= 0.3 is 5.97 Å². The lowest BCUT2D eigenvalue weighted by atomic mass is 9.86. The van der Waals surface area contributed by atoms with Crippen LogP contribution in [0.3, 0.4) is 0 Å². The Morgan fingerprint density at radius 2 is 2.27 bits per heavy atom. The first-order valence-corrected chi connectivity index (χ1v) is 4.91. The molecule has 0 radical (unpaired) electrons. The maximum atomic E-state index is 11.6. The molecule has 0 aromatic heterocycles. The average Bonchev–Trinajstić information content (AvgIpc) is 2.42. The molecule has 4 N–H and O–H groups in total. The van der Waals surface area contributed by atoms with E-state index < -0.39 is 23.8 Å². The molecule has 6 nitrogen and oxygen atoms in total. The van der Waals surface area contributed by atoms with Gasteiger partial charge in [-0.25, -0.2) is 0 Å². The summed E-state index contributed by atoms with van der Waals surface area (Å²) in [7, 11) is 0. The van der Waals surface area contributed by atoms with Gasteiger partial charge in [-0.05, 0) is 12.8 Å². The van der Waals surface area contributed by atoms with Crippen molar-refractivity contribution in [3.8, 4) is 0 Å². The van der Waals surface area contributed by atoms with Gasteiger partial charge in [0.2, 0.25) is 5.91 Å². The van der Waals surface area contributed by atoms with E-state index in [1.165, 1.54) is 0 Å². The van der Waals surface area contributed by atoms with Gasteiger partial charge in [0.05, 0.1) is 5.92 Å². The Morgan fingerprint density at radius 3 is 2.60 bits per heavy atom. The number of hydrogen-bond acceptors (Lipinski definition) is 4. The summed E-state index contributed by atoms with van der Waals surface area (Å²) in [5, 5.41) is 23.0. The predicted molar refractivity (Wildman–Crippen MR) is 51.7 cm³/mol. The smallest absolute Gasteiger partial charge is 0.306 e. The minimum atomic E-state index is -1.08. The van der Waals surface area contributed by atoms with Gasteiger partial charge in [-0.2, -0.15) is 0 Å². The van der Waals surface area contributed by atoms with E-state index in [1.54, 1.807) is 13.8 Å². The molecule has 0 spiro atoms. The maximum Gasteiger partial charge on any atom is 0.306 e. The van der Waals surface area contributed by atoms with Crippen LogP contribution in [0.15, 0.2) is 0 Å². The minimum absolute atomic E-state index is 0.168. The van der Waals surface area contributed by atoms with Crippen LogP contribution in [0.5, 0.6) is 0 Å². The third kappa shape index (κ3) is 2.27. The van der Waals surface area contributed by atoms with Crippen molar-refractivity contribution in [3.05, 3.63) is 0 Å². The van der Waals surface area contributed by atoms with Crippen LogP contribution < -0.4 is 10.6 Å². The summed E-state index contributed by atoms with van der Waals surface area (Å²) in [6.45, 7) is 3.32. The Morgan fingerprint density at radius 1 is 1.67 bits per heavy atom. The summed E-state index contributed by atoms with van der Waals surface area (Å²) in [5.41, 5.74) is -0.961. The number of amides is 1. The van der Waals surface area contributed by atoms with Crippen LogP contribution in [-0.4, -0.2) is 34.0 Å². The van der Waals surface area contributed by atoms with Gasteiger partial charge in [-0.3, -0.25) is 14.9 Å². The second-order valence-electron chi connectivity index (χ2n) is 3.90. The van der Waals surface area contributed by atoms with Gasteiger partial charge in [0.15, 0.2) is 6.35 Å². The topological polar surface area (TPSA) is 98.7 Å². The van der Waals surface area contributed by atoms with Crippen molar-refractivity contribution in [2.45, 2.75) is 38.6 Å². The molecule has 0 aromatic carbocycles. The number of aliphatic carboxylic acids is 1. The van der Waals surface area contributed by atoms with Crippen LogP contribution in [0, 0.1) is 5.92 Å². The second-order valence-corrected chi connectivity index (χ2v) is 3.90. The number of carboxylic acid groups (broad SMARTS) is 1. The Hall–Kier alpha value is -1.14. The van der Waals surface area contributed by atoms with Gasteiger partial charge in [0.25, 0.3) is 0 Å². The summed E-state index contributed by atoms with van der Waals surface area (Å²) in [5.74, 6) is -1.92. The van der Waals surface area contributed by atoms with Crippen molar-refractivity contribution in [3.63, 3.8) is 0 Å². The van der Waals surface area contributed by atoms with Crippen LogP contribution in [-0.2, 0) is 9.59 Å². The molecule has 0 saturated carbocycles. The normalized spacial score (nSPS) is 32.5. The third-order valence-electron chi connectivity index (χ3n) is 2.80. The molecule has 1 heterocycles. The number of aliphatic hydroxyl groups is 1. The van der Waals surface area contributed by atoms with Crippen LogP contribution in [0.25, 0.3) is 0 Å². The van der Waals surface area contributed by atoms with Crippen LogP contribution >= 0.6 is 0 Å². The predicted octanol–water partition coefficient (Wildman–Crippen LogP) is -0.759. The molecule has 1 aliphatic heterocycles. The molecule has 1 amide bonds. The lowest BCUT2D eigenvalue weighted by Gasteiger charge is -2.26. The van der Waals surface area contributed by atoms with Crippen molar-refractivity contribution in [2.75, 3.05) is 0 Å². The average molecular weight is 216 g/mol. The first-order chi connectivity index (χ1) is 6.91. The number of hydrogen-bond donors (Lipinski definition) is 4. The minimum Gasteiger partial charge on any atom is -0.481 e. The fourth-order valence-corrected chi connectivity index (χ4v) is 1.79. The Balaban J connectivity index is 2.77. The Kier molecular flexibility index (Phi) is 3.31. The molecule has 86 valence electrons. The molecule has 0 aliphatic carbocycles. The molecule has 3 atom stereocenters. The number of carbonyl (C=O) groups excluding carboxylic acids is 1. The largest absolute Gasteiger partial charge is 0.481 e. The van der Waals surface area contributed by atoms with Crippen LogP contribution in [0.1, 0.15) is 26.7 Å². The number of nitrogens with one attached hydrogen (secondary N) is 2. The summed E-state index contributed by atoms with van der Waals surface area (Å²) in [4.78, 5) is 22.3. The molecule has 1 rings (SSSR count). The third-order valence-corrected chi connectivity index (χ3v) is 2.80. The molecule has 1 saturated heterocycles. The molecule has 6 heteroatoms. The van der Waals surface area contributed by atoms with E-state index in [4.69, 9.17) is 5.11 Å². The fraction of sp³-hybridized carbons (Fsp3) is 0.778. The zero-order chi connectivity index (χ0) is 11.6. The number of carboxylic acids is 1. The quantitative estimate of drug-likeness (QED) is 0.495. The molecular formula is C9H16N2O4. The SMILES string of the molecule is CC[C@]1(C[C@H](C)C(=O)O)NC(O)NC1=O. The second kappa shape index (κ2) is 4.16. The van der Waals surface area contributed by atoms with E-state index in [0.29, 0.717) is 6.42 Å². The molecule has 1 fully saturated rings.